The number of nitrogens with zero attached hydrogens (tertiary/aromatic N) is 1. The number of aromatic nitrogens is 1. The molecule has 4 aromatic rings. The predicted octanol–water partition coefficient (Wildman–Crippen LogP) is 5.64. The number of rotatable bonds is 7. The van der Waals surface area contributed by atoms with E-state index in [1.54, 1.807) is 12.1 Å². The van der Waals surface area contributed by atoms with Crippen LogP contribution in [-0.2, 0) is 6.18 Å². The van der Waals surface area contributed by atoms with E-state index in [4.69, 9.17) is 27.9 Å². The van der Waals surface area contributed by atoms with E-state index in [1.165, 1.54) is 37.5 Å². The van der Waals surface area contributed by atoms with Gasteiger partial charge in [-0.05, 0) is 42.5 Å². The summed E-state index contributed by atoms with van der Waals surface area (Å²) in [4.78, 5) is 40.3. The summed E-state index contributed by atoms with van der Waals surface area (Å²) in [5, 5.41) is 7.28. The molecular formula is C24H15Cl2F3N4O4. The first-order valence-corrected chi connectivity index (χ1v) is 11.1. The lowest BCUT2D eigenvalue weighted by molar-refractivity contribution is -0.137. The number of halogens is 5. The maximum absolute atomic E-state index is 13.2. The second kappa shape index (κ2) is 10.1. The molecule has 190 valence electrons. The fraction of sp³-hybridized carbons (Fsp3) is 0.0833. The summed E-state index contributed by atoms with van der Waals surface area (Å²) >= 11 is 11.9. The van der Waals surface area contributed by atoms with Crippen molar-refractivity contribution in [1.29, 1.82) is 0 Å². The number of anilines is 4. The molecule has 0 aliphatic carbocycles. The lowest BCUT2D eigenvalue weighted by Gasteiger charge is -2.17. The average Bonchev–Trinajstić information content (AvgIpc) is 2.87. The molecule has 13 heteroatoms. The highest BCUT2D eigenvalue weighted by atomic mass is 35.5. The monoisotopic (exact) mass is 550 g/mol. The quantitative estimate of drug-likeness (QED) is 0.255. The molecule has 0 atom stereocenters. The van der Waals surface area contributed by atoms with Crippen LogP contribution in [0.2, 0.25) is 10.0 Å². The molecule has 0 saturated heterocycles. The van der Waals surface area contributed by atoms with Gasteiger partial charge in [-0.25, -0.2) is 4.98 Å². The molecule has 0 spiro atoms. The van der Waals surface area contributed by atoms with Crippen LogP contribution in [0.1, 0.15) is 16.1 Å². The van der Waals surface area contributed by atoms with E-state index < -0.39 is 33.5 Å². The highest BCUT2D eigenvalue weighted by Gasteiger charge is 2.33. The zero-order valence-electron chi connectivity index (χ0n) is 18.7. The minimum atomic E-state index is -4.71. The van der Waals surface area contributed by atoms with Crippen LogP contribution in [0.15, 0.2) is 64.3 Å². The highest BCUT2D eigenvalue weighted by molar-refractivity contribution is 6.33. The van der Waals surface area contributed by atoms with Crippen molar-refractivity contribution in [2.75, 3.05) is 17.7 Å². The molecule has 3 N–H and O–H groups in total. The first-order chi connectivity index (χ1) is 17.5. The van der Waals surface area contributed by atoms with Crippen LogP contribution in [0.25, 0.3) is 0 Å². The molecule has 0 radical (unpaired) electrons. The Kier molecular flexibility index (Phi) is 7.10. The Balaban J connectivity index is 1.56. The van der Waals surface area contributed by atoms with Crippen molar-refractivity contribution >= 4 is 51.9 Å². The first kappa shape index (κ1) is 26.0. The Hall–Kier alpha value is -4.09. The topological polar surface area (TPSA) is 109 Å². The molecule has 0 unspecified atom stereocenters. The standard InChI is InChI=1S/C24H15Cl2F3N4O4/c1-30-23(36)18-17(3-2-8-31-18)37-12-5-7-16(15(26)10-12)33-20-19(21(34)22(20)35)32-11-4-6-14(25)13(9-11)24(27,28)29/h2-10,32-33H,1H3,(H,30,36). The number of pyridine rings is 1. The van der Waals surface area contributed by atoms with E-state index in [9.17, 15) is 27.6 Å². The zero-order valence-corrected chi connectivity index (χ0v) is 20.2. The zero-order chi connectivity index (χ0) is 26.9. The van der Waals surface area contributed by atoms with Crippen molar-refractivity contribution in [1.82, 2.24) is 10.3 Å². The van der Waals surface area contributed by atoms with Gasteiger partial charge in [0.1, 0.15) is 17.1 Å². The van der Waals surface area contributed by atoms with Gasteiger partial charge in [0.05, 0.1) is 21.3 Å². The number of benzene rings is 2. The molecule has 1 amide bonds. The molecular weight excluding hydrogens is 536 g/mol. The number of hydrogen-bond acceptors (Lipinski definition) is 7. The Bertz CT molecular complexity index is 1580. The van der Waals surface area contributed by atoms with Gasteiger partial charge in [-0.1, -0.05) is 23.2 Å². The van der Waals surface area contributed by atoms with Gasteiger partial charge in [0.25, 0.3) is 16.8 Å². The highest BCUT2D eigenvalue weighted by Crippen LogP contribution is 2.38. The van der Waals surface area contributed by atoms with Crippen molar-refractivity contribution in [2.24, 2.45) is 0 Å². The molecule has 0 aliphatic rings. The number of nitrogens with one attached hydrogen (secondary N) is 3. The number of alkyl halides is 3. The molecule has 0 saturated carbocycles. The number of amides is 1. The lowest BCUT2D eigenvalue weighted by Crippen LogP contribution is -2.35. The van der Waals surface area contributed by atoms with Crippen molar-refractivity contribution in [2.45, 2.75) is 6.18 Å². The van der Waals surface area contributed by atoms with E-state index in [2.05, 4.69) is 20.9 Å². The summed E-state index contributed by atoms with van der Waals surface area (Å²) in [5.74, 6) is -0.0326. The van der Waals surface area contributed by atoms with E-state index in [0.29, 0.717) is 0 Å². The molecule has 8 nitrogen and oxygen atoms in total. The van der Waals surface area contributed by atoms with E-state index in [1.807, 2.05) is 0 Å². The molecule has 0 aliphatic heterocycles. The SMILES string of the molecule is CNC(=O)c1ncccc1Oc1ccc(Nc2c(Nc3ccc(Cl)c(C(F)(F)F)c3)c(=O)c2=O)c(Cl)c1. The Morgan fingerprint density at radius 1 is 0.946 bits per heavy atom. The summed E-state index contributed by atoms with van der Waals surface area (Å²) in [6.45, 7) is 0. The third-order valence-corrected chi connectivity index (χ3v) is 5.73. The molecule has 37 heavy (non-hydrogen) atoms. The van der Waals surface area contributed by atoms with Gasteiger partial charge in [0, 0.05) is 25.0 Å². The Labute approximate surface area is 216 Å². The molecule has 0 fully saturated rings. The van der Waals surface area contributed by atoms with Gasteiger partial charge in [0.15, 0.2) is 11.4 Å². The van der Waals surface area contributed by atoms with E-state index >= 15 is 0 Å². The third-order valence-electron chi connectivity index (χ3n) is 5.09. The smallest absolute Gasteiger partial charge is 0.417 e. The molecule has 1 heterocycles. The normalized spacial score (nSPS) is 11.3. The van der Waals surface area contributed by atoms with Crippen LogP contribution in [0, 0.1) is 0 Å². The number of carbonyl (C=O) groups excluding carboxylic acids is 1. The molecule has 1 aromatic heterocycles. The maximum Gasteiger partial charge on any atom is 0.417 e. The summed E-state index contributed by atoms with van der Waals surface area (Å²) in [6.07, 6.45) is -3.28. The van der Waals surface area contributed by atoms with Crippen molar-refractivity contribution in [3.05, 3.63) is 96.5 Å². The summed E-state index contributed by atoms with van der Waals surface area (Å²) < 4.78 is 45.2. The lowest BCUT2D eigenvalue weighted by atomic mass is 10.1. The average molecular weight is 551 g/mol. The van der Waals surface area contributed by atoms with E-state index in [0.717, 1.165) is 12.1 Å². The number of carbonyl (C=O) groups is 1. The van der Waals surface area contributed by atoms with Crippen molar-refractivity contribution < 1.29 is 22.7 Å². The van der Waals surface area contributed by atoms with Crippen LogP contribution in [-0.4, -0.2) is 17.9 Å². The van der Waals surface area contributed by atoms with Crippen LogP contribution in [0.3, 0.4) is 0 Å². The second-order valence-corrected chi connectivity index (χ2v) is 8.34. The van der Waals surface area contributed by atoms with Gasteiger partial charge in [0.2, 0.25) is 0 Å². The van der Waals surface area contributed by atoms with Gasteiger partial charge < -0.3 is 20.7 Å². The van der Waals surface area contributed by atoms with Crippen LogP contribution < -0.4 is 31.5 Å². The molecule has 4 rings (SSSR count). The summed E-state index contributed by atoms with van der Waals surface area (Å²) in [6, 6.07) is 10.5. The van der Waals surface area contributed by atoms with Crippen molar-refractivity contribution in [3.8, 4) is 11.5 Å². The fourth-order valence-electron chi connectivity index (χ4n) is 3.28. The van der Waals surface area contributed by atoms with Gasteiger partial charge in [-0.15, -0.1) is 0 Å². The first-order valence-electron chi connectivity index (χ1n) is 10.4. The Morgan fingerprint density at radius 2 is 1.65 bits per heavy atom. The minimum Gasteiger partial charge on any atom is -0.455 e. The Morgan fingerprint density at radius 3 is 2.30 bits per heavy atom. The van der Waals surface area contributed by atoms with Crippen LogP contribution in [0.4, 0.5) is 35.9 Å². The maximum atomic E-state index is 13.2. The molecule has 3 aromatic carbocycles. The molecule has 0 bridgehead atoms. The fourth-order valence-corrected chi connectivity index (χ4v) is 3.72. The van der Waals surface area contributed by atoms with Crippen molar-refractivity contribution in [3.63, 3.8) is 0 Å². The number of hydrogen-bond donors (Lipinski definition) is 3. The van der Waals surface area contributed by atoms with E-state index in [-0.39, 0.29) is 45.0 Å². The van der Waals surface area contributed by atoms with Gasteiger partial charge >= 0.3 is 6.18 Å². The summed E-state index contributed by atoms with van der Waals surface area (Å²) in [7, 11) is 1.45. The minimum absolute atomic E-state index is 0.0543. The van der Waals surface area contributed by atoms with Crippen LogP contribution >= 0.6 is 23.2 Å². The number of ether oxygens (including phenoxy) is 1. The van der Waals surface area contributed by atoms with Gasteiger partial charge in [-0.3, -0.25) is 14.4 Å². The largest absolute Gasteiger partial charge is 0.455 e. The summed E-state index contributed by atoms with van der Waals surface area (Å²) in [5.41, 5.74) is -3.13. The van der Waals surface area contributed by atoms with Gasteiger partial charge in [-0.2, -0.15) is 13.2 Å². The second-order valence-electron chi connectivity index (χ2n) is 7.52. The third kappa shape index (κ3) is 5.37. The predicted molar refractivity (Wildman–Crippen MR) is 134 cm³/mol. The van der Waals surface area contributed by atoms with Crippen LogP contribution in [0.5, 0.6) is 11.5 Å².